The van der Waals surface area contributed by atoms with E-state index in [2.05, 4.69) is 5.32 Å². The van der Waals surface area contributed by atoms with Gasteiger partial charge in [0, 0.05) is 36.2 Å². The molecule has 0 radical (unpaired) electrons. The van der Waals surface area contributed by atoms with Gasteiger partial charge < -0.3 is 20.2 Å². The van der Waals surface area contributed by atoms with Gasteiger partial charge in [-0.2, -0.15) is 0 Å². The van der Waals surface area contributed by atoms with Crippen molar-refractivity contribution >= 4 is 35.3 Å². The summed E-state index contributed by atoms with van der Waals surface area (Å²) in [6, 6.07) is 8.37. The molecule has 3 amide bonds. The van der Waals surface area contributed by atoms with Gasteiger partial charge in [-0.1, -0.05) is 29.3 Å². The standard InChI is InChI=1S/C20H20Cl2FN3O3/c1-12-8-15(23)3-4-16(12)18-11-25(20(28)29)6-7-26(18)19(27)24-10-13-9-14(21)2-5-17(13)22/h2-5,8-9,18H,6-7,10-11H2,1H3,(H,24,27)(H,28,29)/t18-/m1/s1. The highest BCUT2D eigenvalue weighted by atomic mass is 35.5. The van der Waals surface area contributed by atoms with Crippen LogP contribution < -0.4 is 5.32 Å². The van der Waals surface area contributed by atoms with E-state index >= 15 is 0 Å². The number of urea groups is 1. The van der Waals surface area contributed by atoms with Crippen LogP contribution in [0.1, 0.15) is 22.7 Å². The van der Waals surface area contributed by atoms with Gasteiger partial charge in [-0.3, -0.25) is 0 Å². The fraction of sp³-hybridized carbons (Fsp3) is 0.300. The average Bonchev–Trinajstić information content (AvgIpc) is 2.68. The summed E-state index contributed by atoms with van der Waals surface area (Å²) >= 11 is 12.1. The molecule has 1 aliphatic rings. The first kappa shape index (κ1) is 21.2. The minimum atomic E-state index is -1.06. The van der Waals surface area contributed by atoms with Crippen LogP contribution in [0.4, 0.5) is 14.0 Å². The summed E-state index contributed by atoms with van der Waals surface area (Å²) in [6.45, 7) is 2.42. The molecule has 2 aromatic rings. The molecule has 0 unspecified atom stereocenters. The van der Waals surface area contributed by atoms with E-state index in [0.717, 1.165) is 0 Å². The minimum absolute atomic E-state index is 0.104. The number of piperazine rings is 1. The Balaban J connectivity index is 1.81. The third-order valence-electron chi connectivity index (χ3n) is 4.94. The number of hydrogen-bond acceptors (Lipinski definition) is 2. The maximum Gasteiger partial charge on any atom is 0.407 e. The molecule has 1 atom stereocenters. The van der Waals surface area contributed by atoms with Crippen LogP contribution >= 0.6 is 23.2 Å². The number of rotatable bonds is 3. The predicted molar refractivity (Wildman–Crippen MR) is 109 cm³/mol. The normalized spacial score (nSPS) is 16.6. The van der Waals surface area contributed by atoms with Gasteiger partial charge in [0.25, 0.3) is 0 Å². The van der Waals surface area contributed by atoms with Crippen molar-refractivity contribution in [1.29, 1.82) is 0 Å². The van der Waals surface area contributed by atoms with Crippen molar-refractivity contribution in [3.8, 4) is 0 Å². The lowest BCUT2D eigenvalue weighted by molar-refractivity contribution is 0.0826. The monoisotopic (exact) mass is 439 g/mol. The number of aryl methyl sites for hydroxylation is 1. The molecule has 1 aliphatic heterocycles. The quantitative estimate of drug-likeness (QED) is 0.728. The van der Waals surface area contributed by atoms with E-state index in [1.165, 1.54) is 17.0 Å². The van der Waals surface area contributed by atoms with Crippen molar-refractivity contribution in [2.24, 2.45) is 0 Å². The Hall–Kier alpha value is -2.51. The molecular weight excluding hydrogens is 420 g/mol. The first-order valence-corrected chi connectivity index (χ1v) is 9.74. The van der Waals surface area contributed by atoms with E-state index in [4.69, 9.17) is 23.2 Å². The third-order valence-corrected chi connectivity index (χ3v) is 5.54. The van der Waals surface area contributed by atoms with Crippen molar-refractivity contribution in [2.75, 3.05) is 19.6 Å². The van der Waals surface area contributed by atoms with Crippen molar-refractivity contribution in [3.63, 3.8) is 0 Å². The number of carboxylic acid groups (broad SMARTS) is 1. The van der Waals surface area contributed by atoms with Gasteiger partial charge >= 0.3 is 12.1 Å². The Morgan fingerprint density at radius 3 is 2.66 bits per heavy atom. The lowest BCUT2D eigenvalue weighted by Crippen LogP contribution is -2.54. The number of nitrogens with one attached hydrogen (secondary N) is 1. The Morgan fingerprint density at radius 1 is 1.21 bits per heavy atom. The zero-order valence-electron chi connectivity index (χ0n) is 15.7. The minimum Gasteiger partial charge on any atom is -0.465 e. The lowest BCUT2D eigenvalue weighted by Gasteiger charge is -2.41. The maximum atomic E-state index is 13.5. The molecule has 29 heavy (non-hydrogen) atoms. The molecule has 3 rings (SSSR count). The molecule has 1 saturated heterocycles. The van der Waals surface area contributed by atoms with E-state index in [0.29, 0.717) is 26.7 Å². The van der Waals surface area contributed by atoms with Crippen LogP contribution in [0.5, 0.6) is 0 Å². The van der Waals surface area contributed by atoms with Crippen LogP contribution in [-0.4, -0.2) is 46.7 Å². The van der Waals surface area contributed by atoms with Gasteiger partial charge in [-0.05, 0) is 53.9 Å². The maximum absolute atomic E-state index is 13.5. The van der Waals surface area contributed by atoms with Gasteiger partial charge in [0.2, 0.25) is 0 Å². The van der Waals surface area contributed by atoms with Gasteiger partial charge in [-0.25, -0.2) is 14.0 Å². The first-order valence-electron chi connectivity index (χ1n) is 8.98. The van der Waals surface area contributed by atoms with Crippen molar-refractivity contribution in [2.45, 2.75) is 19.5 Å². The Bertz CT molecular complexity index is 941. The predicted octanol–water partition coefficient (Wildman–Crippen LogP) is 4.69. The first-order chi connectivity index (χ1) is 13.8. The fourth-order valence-electron chi connectivity index (χ4n) is 3.43. The average molecular weight is 440 g/mol. The Kier molecular flexibility index (Phi) is 6.49. The number of nitrogens with zero attached hydrogens (tertiary/aromatic N) is 2. The number of carbonyl (C=O) groups is 2. The lowest BCUT2D eigenvalue weighted by atomic mass is 9.98. The molecule has 154 valence electrons. The molecule has 2 aromatic carbocycles. The van der Waals surface area contributed by atoms with Crippen LogP contribution in [0.15, 0.2) is 36.4 Å². The van der Waals surface area contributed by atoms with E-state index in [1.807, 2.05) is 0 Å². The summed E-state index contributed by atoms with van der Waals surface area (Å²) in [4.78, 5) is 27.2. The number of hydrogen-bond donors (Lipinski definition) is 2. The molecule has 9 heteroatoms. The summed E-state index contributed by atoms with van der Waals surface area (Å²) in [5, 5.41) is 13.2. The Labute approximate surface area is 177 Å². The second kappa shape index (κ2) is 8.88. The summed E-state index contributed by atoms with van der Waals surface area (Å²) in [6.07, 6.45) is -1.06. The van der Waals surface area contributed by atoms with Crippen LogP contribution in [0.3, 0.4) is 0 Å². The van der Waals surface area contributed by atoms with E-state index < -0.39 is 12.1 Å². The Morgan fingerprint density at radius 2 is 1.97 bits per heavy atom. The second-order valence-electron chi connectivity index (χ2n) is 6.83. The molecule has 0 aliphatic carbocycles. The molecule has 0 aromatic heterocycles. The van der Waals surface area contributed by atoms with Crippen LogP contribution in [0.25, 0.3) is 0 Å². The van der Waals surface area contributed by atoms with Gasteiger partial charge in [0.15, 0.2) is 0 Å². The fourth-order valence-corrected chi connectivity index (χ4v) is 3.81. The van der Waals surface area contributed by atoms with Crippen LogP contribution in [0, 0.1) is 12.7 Å². The molecule has 0 spiro atoms. The molecule has 1 heterocycles. The highest BCUT2D eigenvalue weighted by Gasteiger charge is 2.34. The highest BCUT2D eigenvalue weighted by molar-refractivity contribution is 6.33. The van der Waals surface area contributed by atoms with E-state index in [9.17, 15) is 19.1 Å². The number of carbonyl (C=O) groups excluding carboxylic acids is 1. The molecule has 0 saturated carbocycles. The number of amides is 3. The van der Waals surface area contributed by atoms with Crippen molar-refractivity contribution < 1.29 is 19.1 Å². The third kappa shape index (κ3) is 4.92. The van der Waals surface area contributed by atoms with Crippen molar-refractivity contribution in [3.05, 3.63) is 69.0 Å². The summed E-state index contributed by atoms with van der Waals surface area (Å²) in [7, 11) is 0. The molecule has 0 bridgehead atoms. The van der Waals surface area contributed by atoms with Crippen LogP contribution in [0.2, 0.25) is 10.0 Å². The van der Waals surface area contributed by atoms with Crippen LogP contribution in [-0.2, 0) is 6.54 Å². The summed E-state index contributed by atoms with van der Waals surface area (Å²) < 4.78 is 13.5. The molecule has 2 N–H and O–H groups in total. The topological polar surface area (TPSA) is 72.9 Å². The molecule has 6 nitrogen and oxygen atoms in total. The zero-order chi connectivity index (χ0) is 21.1. The SMILES string of the molecule is Cc1cc(F)ccc1[C@H]1CN(C(=O)O)CCN1C(=O)NCc1cc(Cl)ccc1Cl. The highest BCUT2D eigenvalue weighted by Crippen LogP contribution is 2.29. The summed E-state index contributed by atoms with van der Waals surface area (Å²) in [5.74, 6) is -0.385. The number of halogens is 3. The molecule has 1 fully saturated rings. The van der Waals surface area contributed by atoms with Gasteiger partial charge in [0.1, 0.15) is 5.82 Å². The van der Waals surface area contributed by atoms with Crippen molar-refractivity contribution in [1.82, 2.24) is 15.1 Å². The number of benzene rings is 2. The van der Waals surface area contributed by atoms with E-state index in [1.54, 1.807) is 36.1 Å². The van der Waals surface area contributed by atoms with E-state index in [-0.39, 0.29) is 38.0 Å². The van der Waals surface area contributed by atoms with Gasteiger partial charge in [0.05, 0.1) is 6.04 Å². The summed E-state index contributed by atoms with van der Waals surface area (Å²) in [5.41, 5.74) is 2.03. The van der Waals surface area contributed by atoms with Gasteiger partial charge in [-0.15, -0.1) is 0 Å². The second-order valence-corrected chi connectivity index (χ2v) is 7.68. The largest absolute Gasteiger partial charge is 0.465 e. The smallest absolute Gasteiger partial charge is 0.407 e. The zero-order valence-corrected chi connectivity index (χ0v) is 17.2. The molecular formula is C20H20Cl2FN3O3.